The summed E-state index contributed by atoms with van der Waals surface area (Å²) in [6.07, 6.45) is 1.23. The van der Waals surface area contributed by atoms with Crippen molar-refractivity contribution in [2.24, 2.45) is 0 Å². The Bertz CT molecular complexity index is 1020. The molecule has 3 aromatic rings. The number of fused-ring (bicyclic) bond motifs is 5. The van der Waals surface area contributed by atoms with Crippen LogP contribution in [0.4, 0.5) is 0 Å². The molecule has 122 valence electrons. The Kier molecular flexibility index (Phi) is 3.66. The van der Waals surface area contributed by atoms with Crippen LogP contribution in [-0.2, 0) is 25.5 Å². The summed E-state index contributed by atoms with van der Waals surface area (Å²) in [4.78, 5) is 25.7. The van der Waals surface area contributed by atoms with Crippen molar-refractivity contribution in [2.75, 3.05) is 14.2 Å². The number of carbonyl (C=O) groups is 2. The number of hydrogen-bond donors (Lipinski definition) is 0. The number of thiophene rings is 2. The van der Waals surface area contributed by atoms with E-state index in [0.717, 1.165) is 21.6 Å². The minimum atomic E-state index is -0.478. The predicted octanol–water partition coefficient (Wildman–Crippen LogP) is 4.16. The van der Waals surface area contributed by atoms with Crippen LogP contribution in [0.1, 0.15) is 16.9 Å². The molecule has 0 aliphatic heterocycles. The lowest BCUT2D eigenvalue weighted by atomic mass is 9.90. The van der Waals surface area contributed by atoms with Gasteiger partial charge in [-0.1, -0.05) is 18.2 Å². The highest BCUT2D eigenvalue weighted by molar-refractivity contribution is 7.33. The Morgan fingerprint density at radius 1 is 0.958 bits per heavy atom. The highest BCUT2D eigenvalue weighted by Gasteiger charge is 2.33. The Hall–Kier alpha value is -2.18. The Balaban J connectivity index is 2.07. The maximum absolute atomic E-state index is 12.4. The molecule has 24 heavy (non-hydrogen) atoms. The van der Waals surface area contributed by atoms with Crippen LogP contribution in [0, 0.1) is 0 Å². The number of rotatable bonds is 2. The number of carbonyl (C=O) groups excluding carboxylic acids is 2. The van der Waals surface area contributed by atoms with E-state index in [1.54, 1.807) is 22.7 Å². The summed E-state index contributed by atoms with van der Waals surface area (Å²) in [5, 5.41) is 1.20. The van der Waals surface area contributed by atoms with E-state index in [1.807, 2.05) is 12.1 Å². The van der Waals surface area contributed by atoms with E-state index >= 15 is 0 Å². The SMILES string of the molecule is COC(=O)C1=C(C(=O)OC)c2c(sc3c2sc2ccccc23)CC1. The minimum Gasteiger partial charge on any atom is -0.466 e. The van der Waals surface area contributed by atoms with E-state index in [0.29, 0.717) is 17.6 Å². The van der Waals surface area contributed by atoms with Crippen molar-refractivity contribution in [1.29, 1.82) is 0 Å². The van der Waals surface area contributed by atoms with Gasteiger partial charge < -0.3 is 9.47 Å². The summed E-state index contributed by atoms with van der Waals surface area (Å²) in [7, 11) is 2.68. The van der Waals surface area contributed by atoms with Gasteiger partial charge >= 0.3 is 11.9 Å². The summed E-state index contributed by atoms with van der Waals surface area (Å²) in [5.41, 5.74) is 1.63. The standard InChI is InChI=1S/C18H14O4S2/c1-21-17(19)10-7-8-12-14(13(10)18(20)22-2)16-15(24-12)9-5-3-4-6-11(9)23-16/h3-6H,7-8H2,1-2H3. The summed E-state index contributed by atoms with van der Waals surface area (Å²) < 4.78 is 13.3. The fraction of sp³-hybridized carbons (Fsp3) is 0.222. The van der Waals surface area contributed by atoms with Crippen molar-refractivity contribution in [2.45, 2.75) is 12.8 Å². The van der Waals surface area contributed by atoms with Gasteiger partial charge in [0, 0.05) is 20.5 Å². The molecule has 0 N–H and O–H groups in total. The maximum atomic E-state index is 12.4. The molecule has 0 fully saturated rings. The molecule has 0 amide bonds. The number of ether oxygens (including phenoxy) is 2. The minimum absolute atomic E-state index is 0.364. The first-order valence-corrected chi connectivity index (χ1v) is 9.12. The van der Waals surface area contributed by atoms with Crippen molar-refractivity contribution < 1.29 is 19.1 Å². The van der Waals surface area contributed by atoms with Gasteiger partial charge in [0.2, 0.25) is 0 Å². The van der Waals surface area contributed by atoms with E-state index in [1.165, 1.54) is 29.0 Å². The highest BCUT2D eigenvalue weighted by atomic mass is 32.1. The summed E-state index contributed by atoms with van der Waals surface area (Å²) in [6.45, 7) is 0. The van der Waals surface area contributed by atoms with Crippen LogP contribution in [0.15, 0.2) is 29.8 Å². The highest BCUT2D eigenvalue weighted by Crippen LogP contribution is 2.48. The first-order chi connectivity index (χ1) is 11.7. The third-order valence-electron chi connectivity index (χ3n) is 4.26. The zero-order valence-electron chi connectivity index (χ0n) is 13.2. The number of esters is 2. The number of benzene rings is 1. The summed E-state index contributed by atoms with van der Waals surface area (Å²) >= 11 is 3.36. The van der Waals surface area contributed by atoms with Gasteiger partial charge in [0.25, 0.3) is 0 Å². The molecule has 6 heteroatoms. The van der Waals surface area contributed by atoms with Crippen molar-refractivity contribution in [3.05, 3.63) is 40.3 Å². The smallest absolute Gasteiger partial charge is 0.339 e. The largest absolute Gasteiger partial charge is 0.466 e. The molecule has 0 spiro atoms. The van der Waals surface area contributed by atoms with Gasteiger partial charge in [0.1, 0.15) is 0 Å². The molecule has 1 aliphatic carbocycles. The van der Waals surface area contributed by atoms with Crippen molar-refractivity contribution in [3.8, 4) is 0 Å². The zero-order valence-corrected chi connectivity index (χ0v) is 14.8. The van der Waals surface area contributed by atoms with Crippen molar-refractivity contribution >= 4 is 59.7 Å². The normalized spacial score (nSPS) is 14.1. The first-order valence-electron chi connectivity index (χ1n) is 7.48. The van der Waals surface area contributed by atoms with E-state index in [9.17, 15) is 9.59 Å². The number of methoxy groups -OCH3 is 2. The molecule has 0 saturated carbocycles. The molecule has 0 bridgehead atoms. The molecule has 1 aromatic carbocycles. The van der Waals surface area contributed by atoms with Crippen molar-refractivity contribution in [1.82, 2.24) is 0 Å². The molecular weight excluding hydrogens is 344 g/mol. The molecular formula is C18H14O4S2. The van der Waals surface area contributed by atoms with Gasteiger partial charge in [-0.05, 0) is 18.9 Å². The second kappa shape index (κ2) is 5.72. The van der Waals surface area contributed by atoms with E-state index in [4.69, 9.17) is 9.47 Å². The molecule has 2 heterocycles. The third kappa shape index (κ3) is 2.10. The Labute approximate surface area is 146 Å². The molecule has 0 unspecified atom stereocenters. The molecule has 0 saturated heterocycles. The fourth-order valence-electron chi connectivity index (χ4n) is 3.19. The molecule has 1 aliphatic rings. The van der Waals surface area contributed by atoms with E-state index in [-0.39, 0.29) is 0 Å². The third-order valence-corrected chi connectivity index (χ3v) is 6.86. The van der Waals surface area contributed by atoms with Crippen LogP contribution in [-0.4, -0.2) is 26.2 Å². The monoisotopic (exact) mass is 358 g/mol. The second-order valence-corrected chi connectivity index (χ2v) is 7.65. The summed E-state index contributed by atoms with van der Waals surface area (Å²) in [5.74, 6) is -0.935. The van der Waals surface area contributed by atoms with Gasteiger partial charge in [0.05, 0.1) is 34.8 Å². The van der Waals surface area contributed by atoms with Crippen LogP contribution in [0.25, 0.3) is 25.1 Å². The van der Waals surface area contributed by atoms with Gasteiger partial charge in [-0.25, -0.2) is 9.59 Å². The second-order valence-electron chi connectivity index (χ2n) is 5.49. The van der Waals surface area contributed by atoms with Crippen molar-refractivity contribution in [3.63, 3.8) is 0 Å². The fourth-order valence-corrected chi connectivity index (χ4v) is 5.98. The van der Waals surface area contributed by atoms with Gasteiger partial charge in [-0.15, -0.1) is 22.7 Å². The van der Waals surface area contributed by atoms with Crippen LogP contribution in [0.5, 0.6) is 0 Å². The first kappa shape index (κ1) is 15.4. The Morgan fingerprint density at radius 2 is 1.71 bits per heavy atom. The summed E-state index contributed by atoms with van der Waals surface area (Å²) in [6, 6.07) is 8.19. The van der Waals surface area contributed by atoms with Crippen LogP contribution in [0.3, 0.4) is 0 Å². The van der Waals surface area contributed by atoms with Gasteiger partial charge in [0.15, 0.2) is 0 Å². The molecule has 4 rings (SSSR count). The van der Waals surface area contributed by atoms with Gasteiger partial charge in [-0.3, -0.25) is 0 Å². The zero-order chi connectivity index (χ0) is 16.8. The molecule has 2 aromatic heterocycles. The number of hydrogen-bond acceptors (Lipinski definition) is 6. The Morgan fingerprint density at radius 3 is 2.46 bits per heavy atom. The van der Waals surface area contributed by atoms with Crippen LogP contribution in [0.2, 0.25) is 0 Å². The predicted molar refractivity (Wildman–Crippen MR) is 96.5 cm³/mol. The van der Waals surface area contributed by atoms with E-state index in [2.05, 4.69) is 12.1 Å². The lowest BCUT2D eigenvalue weighted by molar-refractivity contribution is -0.138. The quantitative estimate of drug-likeness (QED) is 0.646. The topological polar surface area (TPSA) is 52.6 Å². The van der Waals surface area contributed by atoms with Crippen LogP contribution >= 0.6 is 22.7 Å². The average molecular weight is 358 g/mol. The average Bonchev–Trinajstić information content (AvgIpc) is 3.15. The molecule has 0 atom stereocenters. The lowest BCUT2D eigenvalue weighted by Crippen LogP contribution is -2.18. The maximum Gasteiger partial charge on any atom is 0.339 e. The lowest BCUT2D eigenvalue weighted by Gasteiger charge is -2.17. The van der Waals surface area contributed by atoms with Crippen LogP contribution < -0.4 is 0 Å². The number of aryl methyl sites for hydroxylation is 1. The van der Waals surface area contributed by atoms with E-state index < -0.39 is 11.9 Å². The molecule has 0 radical (unpaired) electrons. The van der Waals surface area contributed by atoms with Gasteiger partial charge in [-0.2, -0.15) is 0 Å². The molecule has 4 nitrogen and oxygen atoms in total.